The van der Waals surface area contributed by atoms with E-state index in [0.29, 0.717) is 10.7 Å². The molecule has 0 saturated carbocycles. The van der Waals surface area contributed by atoms with Crippen LogP contribution in [0.4, 0.5) is 0 Å². The van der Waals surface area contributed by atoms with Gasteiger partial charge in [-0.25, -0.2) is 4.98 Å². The van der Waals surface area contributed by atoms with Gasteiger partial charge in [-0.1, -0.05) is 42.5 Å². The Bertz CT molecular complexity index is 1110. The van der Waals surface area contributed by atoms with Crippen LogP contribution in [0.2, 0.25) is 0 Å². The maximum absolute atomic E-state index is 12.7. The van der Waals surface area contributed by atoms with Crippen molar-refractivity contribution in [3.63, 3.8) is 0 Å². The molecular weight excluding hydrogens is 330 g/mol. The molecule has 0 aliphatic carbocycles. The van der Waals surface area contributed by atoms with E-state index in [1.165, 1.54) is 11.3 Å². The number of nitrogens with zero attached hydrogens (tertiary/aromatic N) is 3. The summed E-state index contributed by atoms with van der Waals surface area (Å²) in [5, 5.41) is 0. The topological polar surface area (TPSA) is 47.3 Å². The van der Waals surface area contributed by atoms with E-state index in [4.69, 9.17) is 0 Å². The lowest BCUT2D eigenvalue weighted by atomic mass is 10.1. The van der Waals surface area contributed by atoms with Gasteiger partial charge in [0.15, 0.2) is 4.96 Å². The van der Waals surface area contributed by atoms with Gasteiger partial charge in [0.1, 0.15) is 0 Å². The van der Waals surface area contributed by atoms with E-state index in [9.17, 15) is 4.79 Å². The molecule has 0 aliphatic heterocycles. The lowest BCUT2D eigenvalue weighted by Crippen LogP contribution is -2.14. The number of fused-ring (bicyclic) bond motifs is 1. The molecule has 0 fully saturated rings. The standard InChI is InChI=1S/C20H15N3OS/c1-14-19(16-7-3-2-4-8-16)23-18(24)12-17(22-20(23)25-14)10-9-15-6-5-11-21-13-15/h2-13H,1H3/b10-9+. The number of thiazole rings is 1. The molecule has 4 aromatic rings. The number of hydrogen-bond acceptors (Lipinski definition) is 4. The van der Waals surface area contributed by atoms with Crippen molar-refractivity contribution in [2.45, 2.75) is 6.92 Å². The molecule has 0 radical (unpaired) electrons. The first-order valence-corrected chi connectivity index (χ1v) is 8.71. The normalized spacial score (nSPS) is 11.4. The second-order valence-corrected chi connectivity index (χ2v) is 6.81. The first-order valence-electron chi connectivity index (χ1n) is 7.89. The largest absolute Gasteiger partial charge is 0.269 e. The molecule has 25 heavy (non-hydrogen) atoms. The molecule has 122 valence electrons. The van der Waals surface area contributed by atoms with Crippen LogP contribution in [0.1, 0.15) is 16.1 Å². The van der Waals surface area contributed by atoms with Crippen molar-refractivity contribution in [2.75, 3.05) is 0 Å². The summed E-state index contributed by atoms with van der Waals surface area (Å²) in [5.74, 6) is 0. The zero-order valence-electron chi connectivity index (χ0n) is 13.6. The SMILES string of the molecule is Cc1sc2nc(/C=C/c3cccnc3)cc(=O)n2c1-c1ccccc1. The van der Waals surface area contributed by atoms with Crippen molar-refractivity contribution in [3.8, 4) is 11.3 Å². The summed E-state index contributed by atoms with van der Waals surface area (Å²) in [6.07, 6.45) is 7.25. The van der Waals surface area contributed by atoms with Crippen LogP contribution in [0.5, 0.6) is 0 Å². The number of rotatable bonds is 3. The molecule has 3 aromatic heterocycles. The number of benzene rings is 1. The van der Waals surface area contributed by atoms with Crippen LogP contribution >= 0.6 is 11.3 Å². The molecule has 0 bridgehead atoms. The van der Waals surface area contributed by atoms with Gasteiger partial charge in [0.2, 0.25) is 0 Å². The van der Waals surface area contributed by atoms with Gasteiger partial charge < -0.3 is 0 Å². The molecule has 4 nitrogen and oxygen atoms in total. The first-order chi connectivity index (χ1) is 12.2. The minimum atomic E-state index is -0.0703. The quantitative estimate of drug-likeness (QED) is 0.556. The predicted octanol–water partition coefficient (Wildman–Crippen LogP) is 4.30. The molecule has 0 aliphatic rings. The molecule has 1 aromatic carbocycles. The lowest BCUT2D eigenvalue weighted by Gasteiger charge is -2.03. The third-order valence-corrected chi connectivity index (χ3v) is 4.84. The highest BCUT2D eigenvalue weighted by molar-refractivity contribution is 7.17. The van der Waals surface area contributed by atoms with E-state index >= 15 is 0 Å². The Hall–Kier alpha value is -3.05. The summed E-state index contributed by atoms with van der Waals surface area (Å²) >= 11 is 1.53. The van der Waals surface area contributed by atoms with Gasteiger partial charge in [-0.3, -0.25) is 14.2 Å². The third-order valence-electron chi connectivity index (χ3n) is 3.89. The highest BCUT2D eigenvalue weighted by Gasteiger charge is 2.13. The van der Waals surface area contributed by atoms with E-state index in [1.54, 1.807) is 22.9 Å². The first kappa shape index (κ1) is 15.5. The van der Waals surface area contributed by atoms with Crippen molar-refractivity contribution in [3.05, 3.63) is 87.4 Å². The van der Waals surface area contributed by atoms with Crippen LogP contribution in [0.25, 0.3) is 28.4 Å². The van der Waals surface area contributed by atoms with Crippen LogP contribution in [0.3, 0.4) is 0 Å². The Labute approximate surface area is 148 Å². The van der Waals surface area contributed by atoms with Crippen LogP contribution in [0, 0.1) is 6.92 Å². The third kappa shape index (κ3) is 3.02. The van der Waals surface area contributed by atoms with Crippen molar-refractivity contribution in [1.29, 1.82) is 0 Å². The molecule has 0 saturated heterocycles. The maximum atomic E-state index is 12.7. The molecule has 0 amide bonds. The Morgan fingerprint density at radius 3 is 2.68 bits per heavy atom. The number of hydrogen-bond donors (Lipinski definition) is 0. The average Bonchev–Trinajstić information content (AvgIpc) is 2.98. The molecule has 0 atom stereocenters. The van der Waals surface area contributed by atoms with Gasteiger partial charge in [-0.15, -0.1) is 11.3 Å². The van der Waals surface area contributed by atoms with Crippen LogP contribution in [-0.2, 0) is 0 Å². The number of pyridine rings is 1. The summed E-state index contributed by atoms with van der Waals surface area (Å²) in [6.45, 7) is 2.02. The number of aryl methyl sites for hydroxylation is 1. The molecule has 3 heterocycles. The van der Waals surface area contributed by atoms with Crippen molar-refractivity contribution >= 4 is 28.4 Å². The smallest absolute Gasteiger partial charge is 0.259 e. The van der Waals surface area contributed by atoms with Gasteiger partial charge in [-0.2, -0.15) is 0 Å². The fourth-order valence-electron chi connectivity index (χ4n) is 2.76. The number of aromatic nitrogens is 3. The second kappa shape index (κ2) is 6.45. The second-order valence-electron chi connectivity index (χ2n) is 5.63. The van der Waals surface area contributed by atoms with Crippen LogP contribution < -0.4 is 5.56 Å². The van der Waals surface area contributed by atoms with Crippen LogP contribution in [-0.4, -0.2) is 14.4 Å². The van der Waals surface area contributed by atoms with Crippen molar-refractivity contribution in [1.82, 2.24) is 14.4 Å². The Kier molecular flexibility index (Phi) is 3.99. The van der Waals surface area contributed by atoms with Gasteiger partial charge in [0.25, 0.3) is 5.56 Å². The summed E-state index contributed by atoms with van der Waals surface area (Å²) in [7, 11) is 0. The molecular formula is C20H15N3OS. The molecule has 0 unspecified atom stereocenters. The lowest BCUT2D eigenvalue weighted by molar-refractivity contribution is 1.07. The van der Waals surface area contributed by atoms with E-state index in [0.717, 1.165) is 21.7 Å². The van der Waals surface area contributed by atoms with E-state index in [-0.39, 0.29) is 5.56 Å². The molecule has 4 rings (SSSR count). The van der Waals surface area contributed by atoms with E-state index in [2.05, 4.69) is 9.97 Å². The molecule has 0 spiro atoms. The summed E-state index contributed by atoms with van der Waals surface area (Å²) in [5.41, 5.74) is 3.49. The minimum absolute atomic E-state index is 0.0703. The maximum Gasteiger partial charge on any atom is 0.259 e. The average molecular weight is 345 g/mol. The van der Waals surface area contributed by atoms with Crippen molar-refractivity contribution in [2.24, 2.45) is 0 Å². The predicted molar refractivity (Wildman–Crippen MR) is 103 cm³/mol. The van der Waals surface area contributed by atoms with Crippen LogP contribution in [0.15, 0.2) is 65.7 Å². The van der Waals surface area contributed by atoms with E-state index < -0.39 is 0 Å². The Balaban J connectivity index is 1.82. The fraction of sp³-hybridized carbons (Fsp3) is 0.0500. The van der Waals surface area contributed by atoms with E-state index in [1.807, 2.05) is 61.5 Å². The Morgan fingerprint density at radius 2 is 1.92 bits per heavy atom. The summed E-state index contributed by atoms with van der Waals surface area (Å²) in [6, 6.07) is 15.3. The van der Waals surface area contributed by atoms with Gasteiger partial charge in [-0.05, 0) is 30.2 Å². The summed E-state index contributed by atoms with van der Waals surface area (Å²) in [4.78, 5) is 23.2. The summed E-state index contributed by atoms with van der Waals surface area (Å²) < 4.78 is 1.69. The zero-order valence-corrected chi connectivity index (χ0v) is 14.4. The van der Waals surface area contributed by atoms with Gasteiger partial charge in [0.05, 0.1) is 11.4 Å². The highest BCUT2D eigenvalue weighted by Crippen LogP contribution is 2.29. The minimum Gasteiger partial charge on any atom is -0.269 e. The highest BCUT2D eigenvalue weighted by atomic mass is 32.1. The van der Waals surface area contributed by atoms with Crippen molar-refractivity contribution < 1.29 is 0 Å². The molecule has 5 heteroatoms. The Morgan fingerprint density at radius 1 is 1.08 bits per heavy atom. The molecule has 0 N–H and O–H groups in total. The monoisotopic (exact) mass is 345 g/mol. The van der Waals surface area contributed by atoms with Gasteiger partial charge in [0, 0.05) is 23.3 Å². The fourth-order valence-corrected chi connectivity index (χ4v) is 3.77. The van der Waals surface area contributed by atoms with Gasteiger partial charge >= 0.3 is 0 Å². The zero-order chi connectivity index (χ0) is 17.2.